The number of non-ortho nitro benzene ring substituents is 1. The van der Waals surface area contributed by atoms with Crippen molar-refractivity contribution in [2.45, 2.75) is 13.5 Å². The van der Waals surface area contributed by atoms with Gasteiger partial charge in [0.15, 0.2) is 0 Å². The van der Waals surface area contributed by atoms with Gasteiger partial charge in [-0.15, -0.1) is 0 Å². The summed E-state index contributed by atoms with van der Waals surface area (Å²) in [6.07, 6.45) is 1.53. The van der Waals surface area contributed by atoms with Gasteiger partial charge in [-0.25, -0.2) is 4.79 Å². The molecule has 1 heterocycles. The third kappa shape index (κ3) is 5.86. The molecular formula is C22H19N3O6. The average Bonchev–Trinajstić information content (AvgIpc) is 2.79. The predicted molar refractivity (Wildman–Crippen MR) is 111 cm³/mol. The molecule has 0 radical (unpaired) electrons. The Bertz CT molecular complexity index is 1080. The lowest BCUT2D eigenvalue weighted by Gasteiger charge is -2.08. The molecule has 1 aromatic heterocycles. The van der Waals surface area contributed by atoms with E-state index in [0.29, 0.717) is 17.2 Å². The average molecular weight is 421 g/mol. The van der Waals surface area contributed by atoms with Crippen LogP contribution in [0.15, 0.2) is 66.9 Å². The van der Waals surface area contributed by atoms with E-state index in [1.165, 1.54) is 12.3 Å². The maximum Gasteiger partial charge on any atom is 0.338 e. The Hall–Kier alpha value is -4.27. The Morgan fingerprint density at radius 1 is 1.03 bits per heavy atom. The molecule has 31 heavy (non-hydrogen) atoms. The van der Waals surface area contributed by atoms with E-state index in [-0.39, 0.29) is 30.0 Å². The lowest BCUT2D eigenvalue weighted by Crippen LogP contribution is -2.23. The zero-order chi connectivity index (χ0) is 22.2. The molecule has 0 bridgehead atoms. The molecule has 3 rings (SSSR count). The van der Waals surface area contributed by atoms with Gasteiger partial charge in [-0.1, -0.05) is 18.2 Å². The van der Waals surface area contributed by atoms with Gasteiger partial charge in [0.1, 0.15) is 11.5 Å². The summed E-state index contributed by atoms with van der Waals surface area (Å²) < 4.78 is 10.5. The molecule has 0 aliphatic heterocycles. The number of hydrogen-bond acceptors (Lipinski definition) is 7. The van der Waals surface area contributed by atoms with Crippen molar-refractivity contribution in [3.8, 4) is 11.5 Å². The molecule has 0 saturated carbocycles. The monoisotopic (exact) mass is 421 g/mol. The van der Waals surface area contributed by atoms with Gasteiger partial charge in [0, 0.05) is 17.7 Å². The van der Waals surface area contributed by atoms with Crippen LogP contribution in [-0.2, 0) is 11.3 Å². The number of pyridine rings is 1. The molecule has 0 atom stereocenters. The molecular weight excluding hydrogens is 402 g/mol. The van der Waals surface area contributed by atoms with Gasteiger partial charge in [0.2, 0.25) is 0 Å². The predicted octanol–water partition coefficient (Wildman–Crippen LogP) is 3.89. The van der Waals surface area contributed by atoms with Crippen LogP contribution in [0.25, 0.3) is 0 Å². The molecule has 9 heteroatoms. The number of benzene rings is 2. The SMILES string of the molecule is CCOC(=O)c1cc(C(=O)NCc2ccc(Oc3ccccc3)cn2)cc([N+](=O)[O-])c1. The van der Waals surface area contributed by atoms with Crippen LogP contribution >= 0.6 is 0 Å². The highest BCUT2D eigenvalue weighted by Gasteiger charge is 2.18. The van der Waals surface area contributed by atoms with Crippen molar-refractivity contribution in [2.75, 3.05) is 6.61 Å². The van der Waals surface area contributed by atoms with Crippen LogP contribution in [0.3, 0.4) is 0 Å². The molecule has 2 aromatic carbocycles. The van der Waals surface area contributed by atoms with Gasteiger partial charge < -0.3 is 14.8 Å². The summed E-state index contributed by atoms with van der Waals surface area (Å²) >= 11 is 0. The maximum atomic E-state index is 12.5. The number of rotatable bonds is 8. The van der Waals surface area contributed by atoms with Crippen LogP contribution in [-0.4, -0.2) is 28.4 Å². The maximum absolute atomic E-state index is 12.5. The first kappa shape index (κ1) is 21.4. The van der Waals surface area contributed by atoms with E-state index in [9.17, 15) is 19.7 Å². The fourth-order valence-corrected chi connectivity index (χ4v) is 2.65. The lowest BCUT2D eigenvalue weighted by atomic mass is 10.1. The number of nitrogens with zero attached hydrogens (tertiary/aromatic N) is 2. The first-order valence-electron chi connectivity index (χ1n) is 9.39. The zero-order valence-electron chi connectivity index (χ0n) is 16.6. The molecule has 0 aliphatic rings. The van der Waals surface area contributed by atoms with Crippen LogP contribution in [0.4, 0.5) is 5.69 Å². The molecule has 0 fully saturated rings. The third-order valence-electron chi connectivity index (χ3n) is 4.11. The van der Waals surface area contributed by atoms with E-state index in [1.54, 1.807) is 19.1 Å². The number of ether oxygens (including phenoxy) is 2. The van der Waals surface area contributed by atoms with Crippen LogP contribution in [0.5, 0.6) is 11.5 Å². The quantitative estimate of drug-likeness (QED) is 0.333. The Morgan fingerprint density at radius 3 is 2.42 bits per heavy atom. The van der Waals surface area contributed by atoms with Crippen molar-refractivity contribution in [1.82, 2.24) is 10.3 Å². The van der Waals surface area contributed by atoms with E-state index in [4.69, 9.17) is 9.47 Å². The summed E-state index contributed by atoms with van der Waals surface area (Å²) in [4.78, 5) is 39.1. The Labute approximate surface area is 177 Å². The second-order valence-corrected chi connectivity index (χ2v) is 6.33. The molecule has 158 valence electrons. The van der Waals surface area contributed by atoms with Crippen LogP contribution in [0, 0.1) is 10.1 Å². The standard InChI is InChI=1S/C22H19N3O6/c1-2-30-22(27)16-10-15(11-18(12-16)25(28)29)21(26)24-13-17-8-9-20(14-23-17)31-19-6-4-3-5-7-19/h3-12,14H,2,13H2,1H3,(H,24,26). The number of amides is 1. The highest BCUT2D eigenvalue weighted by molar-refractivity contribution is 5.98. The van der Waals surface area contributed by atoms with Crippen molar-refractivity contribution < 1.29 is 24.0 Å². The van der Waals surface area contributed by atoms with Gasteiger partial charge in [-0.3, -0.25) is 19.9 Å². The number of hydrogen-bond donors (Lipinski definition) is 1. The van der Waals surface area contributed by atoms with Crippen molar-refractivity contribution in [3.05, 3.63) is 93.8 Å². The fraction of sp³-hybridized carbons (Fsp3) is 0.136. The molecule has 1 amide bonds. The summed E-state index contributed by atoms with van der Waals surface area (Å²) in [6.45, 7) is 1.81. The van der Waals surface area contributed by atoms with E-state index < -0.39 is 16.8 Å². The van der Waals surface area contributed by atoms with Crippen LogP contribution < -0.4 is 10.1 Å². The zero-order valence-corrected chi connectivity index (χ0v) is 16.6. The van der Waals surface area contributed by atoms with Crippen molar-refractivity contribution in [1.29, 1.82) is 0 Å². The number of carbonyl (C=O) groups excluding carboxylic acids is 2. The fourth-order valence-electron chi connectivity index (χ4n) is 2.65. The minimum Gasteiger partial charge on any atom is -0.462 e. The molecule has 1 N–H and O–H groups in total. The number of para-hydroxylation sites is 1. The molecule has 0 unspecified atom stereocenters. The number of esters is 1. The summed E-state index contributed by atoms with van der Waals surface area (Å²) in [6, 6.07) is 16.1. The Balaban J connectivity index is 1.67. The molecule has 0 aliphatic carbocycles. The topological polar surface area (TPSA) is 121 Å². The first-order chi connectivity index (χ1) is 15.0. The van der Waals surface area contributed by atoms with E-state index >= 15 is 0 Å². The largest absolute Gasteiger partial charge is 0.462 e. The van der Waals surface area contributed by atoms with Gasteiger partial charge in [0.25, 0.3) is 11.6 Å². The Morgan fingerprint density at radius 2 is 1.77 bits per heavy atom. The highest BCUT2D eigenvalue weighted by atomic mass is 16.6. The van der Waals surface area contributed by atoms with Gasteiger partial charge in [-0.2, -0.15) is 0 Å². The minimum atomic E-state index is -0.740. The lowest BCUT2D eigenvalue weighted by molar-refractivity contribution is -0.384. The second-order valence-electron chi connectivity index (χ2n) is 6.33. The molecule has 0 saturated heterocycles. The van der Waals surface area contributed by atoms with Crippen LogP contribution in [0.2, 0.25) is 0 Å². The highest BCUT2D eigenvalue weighted by Crippen LogP contribution is 2.20. The summed E-state index contributed by atoms with van der Waals surface area (Å²) in [7, 11) is 0. The third-order valence-corrected chi connectivity index (χ3v) is 4.11. The summed E-state index contributed by atoms with van der Waals surface area (Å²) in [5.41, 5.74) is 0.0871. The number of carbonyl (C=O) groups is 2. The van der Waals surface area contributed by atoms with Gasteiger partial charge >= 0.3 is 5.97 Å². The number of aromatic nitrogens is 1. The normalized spacial score (nSPS) is 10.2. The van der Waals surface area contributed by atoms with Gasteiger partial charge in [-0.05, 0) is 37.3 Å². The smallest absolute Gasteiger partial charge is 0.338 e. The van der Waals surface area contributed by atoms with E-state index in [0.717, 1.165) is 12.1 Å². The van der Waals surface area contributed by atoms with Crippen molar-refractivity contribution in [2.24, 2.45) is 0 Å². The van der Waals surface area contributed by atoms with Crippen molar-refractivity contribution >= 4 is 17.6 Å². The molecule has 3 aromatic rings. The number of nitrogens with one attached hydrogen (secondary N) is 1. The minimum absolute atomic E-state index is 0.0266. The Kier molecular flexibility index (Phi) is 6.89. The van der Waals surface area contributed by atoms with E-state index in [2.05, 4.69) is 10.3 Å². The summed E-state index contributed by atoms with van der Waals surface area (Å²) in [5.74, 6) is -0.107. The number of nitro benzene ring substituents is 1. The second kappa shape index (κ2) is 9.97. The summed E-state index contributed by atoms with van der Waals surface area (Å²) in [5, 5.41) is 13.8. The van der Waals surface area contributed by atoms with E-state index in [1.807, 2.05) is 30.3 Å². The van der Waals surface area contributed by atoms with Crippen molar-refractivity contribution in [3.63, 3.8) is 0 Å². The molecule has 0 spiro atoms. The first-order valence-corrected chi connectivity index (χ1v) is 9.39. The molecule has 9 nitrogen and oxygen atoms in total. The number of nitro groups is 1. The van der Waals surface area contributed by atoms with Gasteiger partial charge in [0.05, 0.1) is 35.5 Å². The van der Waals surface area contributed by atoms with Crippen LogP contribution in [0.1, 0.15) is 33.3 Å².